The van der Waals surface area contributed by atoms with E-state index in [9.17, 15) is 0 Å². The van der Waals surface area contributed by atoms with Gasteiger partial charge in [-0.1, -0.05) is 19.1 Å². The van der Waals surface area contributed by atoms with Gasteiger partial charge in [0.2, 0.25) is 0 Å². The van der Waals surface area contributed by atoms with Crippen LogP contribution in [0.1, 0.15) is 43.7 Å². The van der Waals surface area contributed by atoms with Crippen LogP contribution in [-0.2, 0) is 13.0 Å². The third kappa shape index (κ3) is 2.99. The van der Waals surface area contributed by atoms with Gasteiger partial charge in [0.1, 0.15) is 5.75 Å². The number of rotatable bonds is 4. The lowest BCUT2D eigenvalue weighted by molar-refractivity contribution is 0.149. The zero-order valence-electron chi connectivity index (χ0n) is 12.5. The predicted molar refractivity (Wildman–Crippen MR) is 82.0 cm³/mol. The van der Waals surface area contributed by atoms with Crippen LogP contribution in [0.3, 0.4) is 0 Å². The van der Waals surface area contributed by atoms with Crippen molar-refractivity contribution in [3.8, 4) is 5.75 Å². The fourth-order valence-corrected chi connectivity index (χ4v) is 3.54. The van der Waals surface area contributed by atoms with Crippen LogP contribution in [0.15, 0.2) is 18.2 Å². The standard InChI is InChI=1S/C17H26N2O/c1-2-19(16-6-4-15(18)5-7-16)12-13-3-8-17-14(11-13)9-10-20-17/h3,8,11,15-16H,2,4-7,9-10,12,18H2,1H3. The van der Waals surface area contributed by atoms with E-state index in [1.54, 1.807) is 0 Å². The molecular weight excluding hydrogens is 248 g/mol. The molecule has 1 aliphatic carbocycles. The molecule has 0 radical (unpaired) electrons. The van der Waals surface area contributed by atoms with Gasteiger partial charge in [-0.3, -0.25) is 4.90 Å². The highest BCUT2D eigenvalue weighted by atomic mass is 16.5. The van der Waals surface area contributed by atoms with Gasteiger partial charge in [-0.25, -0.2) is 0 Å². The summed E-state index contributed by atoms with van der Waals surface area (Å²) in [7, 11) is 0. The van der Waals surface area contributed by atoms with Crippen LogP contribution in [-0.4, -0.2) is 30.1 Å². The maximum absolute atomic E-state index is 6.02. The molecule has 1 aromatic rings. The summed E-state index contributed by atoms with van der Waals surface area (Å²) < 4.78 is 5.59. The number of benzene rings is 1. The second kappa shape index (κ2) is 6.15. The molecular formula is C17H26N2O. The number of hydrogen-bond acceptors (Lipinski definition) is 3. The zero-order valence-corrected chi connectivity index (χ0v) is 12.5. The average Bonchev–Trinajstić information content (AvgIpc) is 2.93. The monoisotopic (exact) mass is 274 g/mol. The minimum Gasteiger partial charge on any atom is -0.493 e. The third-order valence-electron chi connectivity index (χ3n) is 4.80. The maximum Gasteiger partial charge on any atom is 0.122 e. The minimum atomic E-state index is 0.432. The summed E-state index contributed by atoms with van der Waals surface area (Å²) in [6.07, 6.45) is 5.93. The van der Waals surface area contributed by atoms with E-state index in [0.717, 1.165) is 31.9 Å². The Kier molecular flexibility index (Phi) is 4.27. The van der Waals surface area contributed by atoms with E-state index in [4.69, 9.17) is 10.5 Å². The van der Waals surface area contributed by atoms with Gasteiger partial charge in [0.25, 0.3) is 0 Å². The summed E-state index contributed by atoms with van der Waals surface area (Å²) in [5, 5.41) is 0. The van der Waals surface area contributed by atoms with E-state index in [1.807, 2.05) is 0 Å². The molecule has 3 nitrogen and oxygen atoms in total. The molecule has 1 fully saturated rings. The Labute approximate surface area is 122 Å². The van der Waals surface area contributed by atoms with Crippen molar-refractivity contribution < 1.29 is 4.74 Å². The van der Waals surface area contributed by atoms with Crippen molar-refractivity contribution in [2.45, 2.75) is 57.7 Å². The van der Waals surface area contributed by atoms with Gasteiger partial charge in [0.15, 0.2) is 0 Å². The van der Waals surface area contributed by atoms with Gasteiger partial charge in [-0.05, 0) is 49.4 Å². The number of hydrogen-bond donors (Lipinski definition) is 1. The Morgan fingerprint density at radius 3 is 2.80 bits per heavy atom. The van der Waals surface area contributed by atoms with E-state index in [-0.39, 0.29) is 0 Å². The van der Waals surface area contributed by atoms with Crippen molar-refractivity contribution in [1.82, 2.24) is 4.90 Å². The van der Waals surface area contributed by atoms with Crippen LogP contribution >= 0.6 is 0 Å². The predicted octanol–water partition coefficient (Wildman–Crippen LogP) is 2.71. The lowest BCUT2D eigenvalue weighted by atomic mass is 9.90. The van der Waals surface area contributed by atoms with E-state index in [0.29, 0.717) is 12.1 Å². The van der Waals surface area contributed by atoms with Crippen molar-refractivity contribution in [1.29, 1.82) is 0 Å². The number of ether oxygens (including phenoxy) is 1. The van der Waals surface area contributed by atoms with Crippen LogP contribution in [0.2, 0.25) is 0 Å². The quantitative estimate of drug-likeness (QED) is 0.917. The molecule has 20 heavy (non-hydrogen) atoms. The molecule has 0 spiro atoms. The smallest absolute Gasteiger partial charge is 0.122 e. The summed E-state index contributed by atoms with van der Waals surface area (Å²) in [4.78, 5) is 2.61. The molecule has 0 unspecified atom stereocenters. The summed E-state index contributed by atoms with van der Waals surface area (Å²) >= 11 is 0. The molecule has 0 bridgehead atoms. The Morgan fingerprint density at radius 2 is 2.05 bits per heavy atom. The van der Waals surface area contributed by atoms with Gasteiger partial charge in [0, 0.05) is 25.0 Å². The van der Waals surface area contributed by atoms with Crippen LogP contribution in [0.4, 0.5) is 0 Å². The molecule has 1 aliphatic heterocycles. The first-order valence-corrected chi connectivity index (χ1v) is 8.00. The average molecular weight is 274 g/mol. The largest absolute Gasteiger partial charge is 0.493 e. The molecule has 0 atom stereocenters. The molecule has 1 heterocycles. The third-order valence-corrected chi connectivity index (χ3v) is 4.80. The first kappa shape index (κ1) is 13.9. The van der Waals surface area contributed by atoms with Gasteiger partial charge < -0.3 is 10.5 Å². The first-order valence-electron chi connectivity index (χ1n) is 8.00. The lowest BCUT2D eigenvalue weighted by Gasteiger charge is -2.35. The normalized spacial score (nSPS) is 25.6. The molecule has 1 aromatic carbocycles. The van der Waals surface area contributed by atoms with Gasteiger partial charge in [0.05, 0.1) is 6.61 Å². The topological polar surface area (TPSA) is 38.5 Å². The highest BCUT2D eigenvalue weighted by Gasteiger charge is 2.23. The highest BCUT2D eigenvalue weighted by molar-refractivity contribution is 5.39. The van der Waals surface area contributed by atoms with Crippen molar-refractivity contribution in [3.63, 3.8) is 0 Å². The second-order valence-electron chi connectivity index (χ2n) is 6.17. The van der Waals surface area contributed by atoms with E-state index in [1.165, 1.54) is 36.8 Å². The van der Waals surface area contributed by atoms with Crippen LogP contribution in [0.5, 0.6) is 5.75 Å². The fraction of sp³-hybridized carbons (Fsp3) is 0.647. The molecule has 0 saturated heterocycles. The molecule has 2 aliphatic rings. The molecule has 3 heteroatoms. The van der Waals surface area contributed by atoms with Crippen LogP contribution in [0, 0.1) is 0 Å². The minimum absolute atomic E-state index is 0.432. The molecule has 110 valence electrons. The molecule has 2 N–H and O–H groups in total. The maximum atomic E-state index is 6.02. The molecule has 3 rings (SSSR count). The van der Waals surface area contributed by atoms with Crippen molar-refractivity contribution in [2.24, 2.45) is 5.73 Å². The lowest BCUT2D eigenvalue weighted by Crippen LogP contribution is -2.40. The summed E-state index contributed by atoms with van der Waals surface area (Å²) in [5.74, 6) is 1.08. The van der Waals surface area contributed by atoms with E-state index in [2.05, 4.69) is 30.0 Å². The summed E-state index contributed by atoms with van der Waals surface area (Å²) in [6.45, 7) is 5.29. The van der Waals surface area contributed by atoms with Crippen LogP contribution < -0.4 is 10.5 Å². The molecule has 1 saturated carbocycles. The van der Waals surface area contributed by atoms with E-state index < -0.39 is 0 Å². The summed E-state index contributed by atoms with van der Waals surface area (Å²) in [6, 6.07) is 7.84. The Hall–Kier alpha value is -1.06. The first-order chi connectivity index (χ1) is 9.76. The Balaban J connectivity index is 1.65. The van der Waals surface area contributed by atoms with Crippen molar-refractivity contribution in [2.75, 3.05) is 13.2 Å². The van der Waals surface area contributed by atoms with Gasteiger partial charge in [-0.2, -0.15) is 0 Å². The number of fused-ring (bicyclic) bond motifs is 1. The van der Waals surface area contributed by atoms with Gasteiger partial charge >= 0.3 is 0 Å². The van der Waals surface area contributed by atoms with Crippen molar-refractivity contribution in [3.05, 3.63) is 29.3 Å². The fourth-order valence-electron chi connectivity index (χ4n) is 3.54. The molecule has 0 aromatic heterocycles. The van der Waals surface area contributed by atoms with Crippen molar-refractivity contribution >= 4 is 0 Å². The second-order valence-corrected chi connectivity index (χ2v) is 6.17. The molecule has 0 amide bonds. The zero-order chi connectivity index (χ0) is 13.9. The van der Waals surface area contributed by atoms with Gasteiger partial charge in [-0.15, -0.1) is 0 Å². The number of nitrogens with zero attached hydrogens (tertiary/aromatic N) is 1. The number of nitrogens with two attached hydrogens (primary N) is 1. The van der Waals surface area contributed by atoms with Crippen LogP contribution in [0.25, 0.3) is 0 Å². The Bertz CT molecular complexity index is 452. The Morgan fingerprint density at radius 1 is 1.25 bits per heavy atom. The highest BCUT2D eigenvalue weighted by Crippen LogP contribution is 2.28. The van der Waals surface area contributed by atoms with E-state index >= 15 is 0 Å². The SMILES string of the molecule is CCN(Cc1ccc2c(c1)CCO2)C1CCC(N)CC1. The summed E-state index contributed by atoms with van der Waals surface area (Å²) in [5.41, 5.74) is 8.82.